The maximum absolute atomic E-state index is 5.50. The molecular formula is C6H11N3. The van der Waals surface area contributed by atoms with Gasteiger partial charge in [0.15, 0.2) is 0 Å². The van der Waals surface area contributed by atoms with E-state index < -0.39 is 0 Å². The summed E-state index contributed by atoms with van der Waals surface area (Å²) in [6.45, 7) is 2.01. The first-order valence-electron chi connectivity index (χ1n) is 2.89. The van der Waals surface area contributed by atoms with Gasteiger partial charge in [-0.1, -0.05) is 0 Å². The van der Waals surface area contributed by atoms with Crippen LogP contribution in [-0.4, -0.2) is 6.04 Å². The Kier molecular flexibility index (Phi) is 1.34. The van der Waals surface area contributed by atoms with Gasteiger partial charge in [-0.2, -0.15) is 0 Å². The Morgan fingerprint density at radius 3 is 2.56 bits per heavy atom. The number of nitrogens with two attached hydrogens (primary N) is 2. The number of dihydropyridines is 1. The summed E-state index contributed by atoms with van der Waals surface area (Å²) >= 11 is 0. The molecular weight excluding hydrogens is 114 g/mol. The molecule has 0 spiro atoms. The molecule has 5 N–H and O–H groups in total. The van der Waals surface area contributed by atoms with E-state index in [1.807, 2.05) is 13.0 Å². The Bertz CT molecular complexity index is 169. The molecule has 1 aliphatic rings. The van der Waals surface area contributed by atoms with Crippen molar-refractivity contribution in [2.24, 2.45) is 11.5 Å². The Hall–Kier alpha value is -1.12. The Morgan fingerprint density at radius 2 is 2.11 bits per heavy atom. The number of rotatable bonds is 0. The maximum atomic E-state index is 5.50. The molecule has 0 fully saturated rings. The molecule has 0 saturated heterocycles. The fourth-order valence-corrected chi connectivity index (χ4v) is 0.718. The lowest BCUT2D eigenvalue weighted by molar-refractivity contribution is 0.740. The highest BCUT2D eigenvalue weighted by atomic mass is 14.9. The smallest absolute Gasteiger partial charge is 0.0704 e. The number of hydrogen-bond acceptors (Lipinski definition) is 3. The van der Waals surface area contributed by atoms with Gasteiger partial charge in [-0.3, -0.25) is 0 Å². The van der Waals surface area contributed by atoms with Crippen LogP contribution in [0.3, 0.4) is 0 Å². The van der Waals surface area contributed by atoms with Crippen LogP contribution in [0.25, 0.3) is 0 Å². The lowest BCUT2D eigenvalue weighted by Crippen LogP contribution is -2.27. The molecule has 0 aromatic rings. The lowest BCUT2D eigenvalue weighted by Gasteiger charge is -2.15. The zero-order valence-electron chi connectivity index (χ0n) is 5.39. The fraction of sp³-hybridized carbons (Fsp3) is 0.333. The van der Waals surface area contributed by atoms with Gasteiger partial charge in [0.2, 0.25) is 0 Å². The van der Waals surface area contributed by atoms with Crippen molar-refractivity contribution in [3.05, 3.63) is 23.7 Å². The van der Waals surface area contributed by atoms with Gasteiger partial charge in [-0.05, 0) is 13.0 Å². The van der Waals surface area contributed by atoms with Crippen LogP contribution in [0.1, 0.15) is 6.92 Å². The van der Waals surface area contributed by atoms with E-state index in [0.29, 0.717) is 17.4 Å². The molecule has 0 aliphatic carbocycles. The molecule has 1 heterocycles. The highest BCUT2D eigenvalue weighted by Gasteiger charge is 2.04. The summed E-state index contributed by atoms with van der Waals surface area (Å²) in [6.07, 6.45) is 3.61. The van der Waals surface area contributed by atoms with Crippen LogP contribution in [0.4, 0.5) is 0 Å². The van der Waals surface area contributed by atoms with Crippen molar-refractivity contribution >= 4 is 0 Å². The Labute approximate surface area is 54.4 Å². The van der Waals surface area contributed by atoms with Gasteiger partial charge in [0.1, 0.15) is 0 Å². The van der Waals surface area contributed by atoms with E-state index in [4.69, 9.17) is 11.5 Å². The molecule has 1 aliphatic heterocycles. The first kappa shape index (κ1) is 6.01. The quantitative estimate of drug-likeness (QED) is 0.413. The standard InChI is InChI=1S/C6H11N3/c1-4-2-5(7)6(8)3-9-4/h2-4,9H,7-8H2,1H3. The van der Waals surface area contributed by atoms with Crippen molar-refractivity contribution in [3.63, 3.8) is 0 Å². The van der Waals surface area contributed by atoms with Crippen LogP contribution in [0.5, 0.6) is 0 Å². The average molecular weight is 125 g/mol. The van der Waals surface area contributed by atoms with Crippen molar-refractivity contribution in [1.29, 1.82) is 0 Å². The monoisotopic (exact) mass is 125 g/mol. The van der Waals surface area contributed by atoms with E-state index >= 15 is 0 Å². The molecule has 1 unspecified atom stereocenters. The van der Waals surface area contributed by atoms with Gasteiger partial charge in [-0.15, -0.1) is 0 Å². The SMILES string of the molecule is CC1C=C(N)C(N)=CN1. The summed E-state index contributed by atoms with van der Waals surface area (Å²) in [4.78, 5) is 0. The summed E-state index contributed by atoms with van der Waals surface area (Å²) in [5, 5.41) is 3.02. The van der Waals surface area contributed by atoms with Crippen LogP contribution in [0.15, 0.2) is 23.7 Å². The second kappa shape index (κ2) is 2.01. The molecule has 3 nitrogen and oxygen atoms in total. The Balaban J connectivity index is 2.75. The van der Waals surface area contributed by atoms with Crippen molar-refractivity contribution in [1.82, 2.24) is 5.32 Å². The van der Waals surface area contributed by atoms with E-state index in [9.17, 15) is 0 Å². The first-order valence-corrected chi connectivity index (χ1v) is 2.89. The number of nitrogens with one attached hydrogen (secondary N) is 1. The molecule has 9 heavy (non-hydrogen) atoms. The normalized spacial score (nSPS) is 26.1. The zero-order chi connectivity index (χ0) is 6.85. The lowest BCUT2D eigenvalue weighted by atomic mass is 10.2. The van der Waals surface area contributed by atoms with Gasteiger partial charge in [-0.25, -0.2) is 0 Å². The minimum atomic E-state index is 0.303. The predicted octanol–water partition coefficient (Wildman–Crippen LogP) is -0.379. The summed E-state index contributed by atoms with van der Waals surface area (Å²) in [6, 6.07) is 0.303. The summed E-state index contributed by atoms with van der Waals surface area (Å²) in [5.41, 5.74) is 12.2. The van der Waals surface area contributed by atoms with Crippen molar-refractivity contribution in [2.45, 2.75) is 13.0 Å². The molecule has 3 heteroatoms. The van der Waals surface area contributed by atoms with Crippen molar-refractivity contribution in [3.8, 4) is 0 Å². The van der Waals surface area contributed by atoms with Crippen LogP contribution in [0, 0.1) is 0 Å². The summed E-state index contributed by atoms with van der Waals surface area (Å²) in [7, 11) is 0. The van der Waals surface area contributed by atoms with Gasteiger partial charge in [0, 0.05) is 12.2 Å². The van der Waals surface area contributed by atoms with Crippen molar-refractivity contribution < 1.29 is 0 Å². The molecule has 0 radical (unpaired) electrons. The summed E-state index contributed by atoms with van der Waals surface area (Å²) < 4.78 is 0. The van der Waals surface area contributed by atoms with E-state index in [-0.39, 0.29) is 0 Å². The largest absolute Gasteiger partial charge is 0.397 e. The van der Waals surface area contributed by atoms with Gasteiger partial charge in [0.25, 0.3) is 0 Å². The third-order valence-corrected chi connectivity index (χ3v) is 1.26. The number of hydrogen-bond donors (Lipinski definition) is 3. The third kappa shape index (κ3) is 1.16. The van der Waals surface area contributed by atoms with Gasteiger partial charge >= 0.3 is 0 Å². The highest BCUT2D eigenvalue weighted by Crippen LogP contribution is 2.02. The average Bonchev–Trinajstić information content (AvgIpc) is 1.80. The molecule has 0 aromatic heterocycles. The summed E-state index contributed by atoms with van der Waals surface area (Å²) in [5.74, 6) is 0. The van der Waals surface area contributed by atoms with Crippen LogP contribution in [-0.2, 0) is 0 Å². The molecule has 1 atom stereocenters. The molecule has 0 bridgehead atoms. The second-order valence-corrected chi connectivity index (χ2v) is 2.18. The minimum absolute atomic E-state index is 0.303. The van der Waals surface area contributed by atoms with E-state index in [2.05, 4.69) is 5.32 Å². The van der Waals surface area contributed by atoms with Crippen LogP contribution in [0.2, 0.25) is 0 Å². The van der Waals surface area contributed by atoms with E-state index in [1.54, 1.807) is 6.20 Å². The minimum Gasteiger partial charge on any atom is -0.397 e. The predicted molar refractivity (Wildman–Crippen MR) is 37.1 cm³/mol. The Morgan fingerprint density at radius 1 is 1.44 bits per heavy atom. The van der Waals surface area contributed by atoms with Crippen LogP contribution < -0.4 is 16.8 Å². The highest BCUT2D eigenvalue weighted by molar-refractivity contribution is 5.29. The topological polar surface area (TPSA) is 64.1 Å². The fourth-order valence-electron chi connectivity index (χ4n) is 0.718. The molecule has 50 valence electrons. The second-order valence-electron chi connectivity index (χ2n) is 2.18. The molecule has 0 aromatic carbocycles. The first-order chi connectivity index (χ1) is 4.20. The maximum Gasteiger partial charge on any atom is 0.0704 e. The zero-order valence-corrected chi connectivity index (χ0v) is 5.39. The third-order valence-electron chi connectivity index (χ3n) is 1.26. The van der Waals surface area contributed by atoms with E-state index in [0.717, 1.165) is 0 Å². The van der Waals surface area contributed by atoms with Crippen LogP contribution >= 0.6 is 0 Å². The molecule has 1 rings (SSSR count). The molecule has 0 amide bonds. The van der Waals surface area contributed by atoms with Gasteiger partial charge < -0.3 is 16.8 Å². The van der Waals surface area contributed by atoms with Crippen molar-refractivity contribution in [2.75, 3.05) is 0 Å². The van der Waals surface area contributed by atoms with E-state index in [1.165, 1.54) is 0 Å². The molecule has 0 saturated carbocycles. The van der Waals surface area contributed by atoms with Gasteiger partial charge in [0.05, 0.1) is 11.4 Å².